The van der Waals surface area contributed by atoms with Crippen molar-refractivity contribution in [3.8, 4) is 5.75 Å². The summed E-state index contributed by atoms with van der Waals surface area (Å²) in [5, 5.41) is 5.56. The first-order chi connectivity index (χ1) is 18.1. The quantitative estimate of drug-likeness (QED) is 0.621. The number of anilines is 2. The zero-order valence-corrected chi connectivity index (χ0v) is 23.1. The molecule has 10 nitrogen and oxygen atoms in total. The number of hydrogen-bond donors (Lipinski definition) is 2. The molecule has 0 saturated carbocycles. The number of hydrogen-bond acceptors (Lipinski definition) is 6. The number of carbonyl (C=O) groups is 3. The van der Waals surface area contributed by atoms with Crippen LogP contribution in [0.3, 0.4) is 0 Å². The van der Waals surface area contributed by atoms with Gasteiger partial charge in [-0.2, -0.15) is 0 Å². The highest BCUT2D eigenvalue weighted by atomic mass is 16.5. The highest BCUT2D eigenvalue weighted by molar-refractivity contribution is 6.01. The lowest BCUT2D eigenvalue weighted by atomic mass is 10.0. The lowest BCUT2D eigenvalue weighted by Crippen LogP contribution is -2.50. The standard InChI is InChI=1S/C28H39N5O5/c1-19-15-33(26(34)17-31(3)4)20(2)18-38-24-14-22(30-28(36)29-21-10-8-7-9-11-21)12-13-23(24)27(35)32(5)16-25(19)37-6/h7-14,19-20,25H,15-18H2,1-6H3,(H2,29,30,36)/t19-,20+,25-/m1/s1. The molecular weight excluding hydrogens is 486 g/mol. The summed E-state index contributed by atoms with van der Waals surface area (Å²) in [5.74, 6) is 0.0806. The summed E-state index contributed by atoms with van der Waals surface area (Å²) in [6.45, 7) is 5.21. The lowest BCUT2D eigenvalue weighted by molar-refractivity contribution is -0.136. The van der Waals surface area contributed by atoms with Crippen molar-refractivity contribution >= 4 is 29.2 Å². The molecule has 38 heavy (non-hydrogen) atoms. The van der Waals surface area contributed by atoms with Gasteiger partial charge in [0.2, 0.25) is 5.91 Å². The fourth-order valence-corrected chi connectivity index (χ4v) is 4.37. The Hall–Kier alpha value is -3.63. The van der Waals surface area contributed by atoms with Crippen LogP contribution in [0.1, 0.15) is 24.2 Å². The summed E-state index contributed by atoms with van der Waals surface area (Å²) in [6, 6.07) is 13.4. The largest absolute Gasteiger partial charge is 0.491 e. The second-order valence-electron chi connectivity index (χ2n) is 10.0. The van der Waals surface area contributed by atoms with Crippen molar-refractivity contribution < 1.29 is 23.9 Å². The maximum Gasteiger partial charge on any atom is 0.323 e. The molecule has 10 heteroatoms. The van der Waals surface area contributed by atoms with Gasteiger partial charge in [-0.3, -0.25) is 9.59 Å². The van der Waals surface area contributed by atoms with Crippen LogP contribution in [0, 0.1) is 5.92 Å². The van der Waals surface area contributed by atoms with Gasteiger partial charge < -0.3 is 34.8 Å². The number of urea groups is 1. The molecule has 0 bridgehead atoms. The van der Waals surface area contributed by atoms with Crippen molar-refractivity contribution in [2.45, 2.75) is 26.0 Å². The average Bonchev–Trinajstić information content (AvgIpc) is 2.87. The number of amides is 4. The van der Waals surface area contributed by atoms with Gasteiger partial charge in [0.15, 0.2) is 0 Å². The normalized spacial score (nSPS) is 20.6. The van der Waals surface area contributed by atoms with E-state index in [9.17, 15) is 14.4 Å². The number of carbonyl (C=O) groups excluding carboxylic acids is 3. The Labute approximate surface area is 224 Å². The maximum atomic E-state index is 13.4. The Morgan fingerprint density at radius 3 is 2.39 bits per heavy atom. The third-order valence-corrected chi connectivity index (χ3v) is 6.51. The van der Waals surface area contributed by atoms with E-state index in [1.807, 2.05) is 55.9 Å². The number of rotatable bonds is 5. The molecule has 2 aromatic rings. The molecule has 0 fully saturated rings. The van der Waals surface area contributed by atoms with Crippen molar-refractivity contribution in [1.29, 1.82) is 0 Å². The SMILES string of the molecule is CO[C@@H]1CN(C)C(=O)c2ccc(NC(=O)Nc3ccccc3)cc2OC[C@H](C)N(C(=O)CN(C)C)C[C@H]1C. The van der Waals surface area contributed by atoms with Crippen LogP contribution in [-0.4, -0.2) is 99.2 Å². The van der Waals surface area contributed by atoms with Gasteiger partial charge in [0, 0.05) is 50.6 Å². The number of nitrogens with one attached hydrogen (secondary N) is 2. The number of fused-ring (bicyclic) bond motifs is 1. The highest BCUT2D eigenvalue weighted by Crippen LogP contribution is 2.27. The predicted octanol–water partition coefficient (Wildman–Crippen LogP) is 3.22. The summed E-state index contributed by atoms with van der Waals surface area (Å²) in [5.41, 5.74) is 1.49. The Morgan fingerprint density at radius 2 is 1.74 bits per heavy atom. The molecule has 0 aliphatic carbocycles. The van der Waals surface area contributed by atoms with Gasteiger partial charge in [0.05, 0.1) is 24.3 Å². The molecule has 4 amide bonds. The van der Waals surface area contributed by atoms with E-state index in [0.29, 0.717) is 35.8 Å². The van der Waals surface area contributed by atoms with E-state index in [2.05, 4.69) is 10.6 Å². The maximum absolute atomic E-state index is 13.4. The number of ether oxygens (including phenoxy) is 2. The summed E-state index contributed by atoms with van der Waals surface area (Å²) in [7, 11) is 7.05. The van der Waals surface area contributed by atoms with Crippen LogP contribution in [0.25, 0.3) is 0 Å². The van der Waals surface area contributed by atoms with Crippen LogP contribution in [0.2, 0.25) is 0 Å². The van der Waals surface area contributed by atoms with E-state index in [0.717, 1.165) is 0 Å². The first-order valence-electron chi connectivity index (χ1n) is 12.7. The topological polar surface area (TPSA) is 103 Å². The summed E-state index contributed by atoms with van der Waals surface area (Å²) in [6.07, 6.45) is -0.266. The number of nitrogens with zero attached hydrogens (tertiary/aromatic N) is 3. The molecule has 3 atom stereocenters. The smallest absolute Gasteiger partial charge is 0.323 e. The van der Waals surface area contributed by atoms with Crippen molar-refractivity contribution in [2.75, 3.05) is 65.1 Å². The van der Waals surface area contributed by atoms with Crippen molar-refractivity contribution in [3.63, 3.8) is 0 Å². The van der Waals surface area contributed by atoms with Crippen molar-refractivity contribution in [2.24, 2.45) is 5.92 Å². The molecular formula is C28H39N5O5. The van der Waals surface area contributed by atoms with Crippen LogP contribution in [0.15, 0.2) is 48.5 Å². The van der Waals surface area contributed by atoms with E-state index >= 15 is 0 Å². The molecule has 2 N–H and O–H groups in total. The fraction of sp³-hybridized carbons (Fsp3) is 0.464. The Morgan fingerprint density at radius 1 is 1.05 bits per heavy atom. The molecule has 0 aromatic heterocycles. The lowest BCUT2D eigenvalue weighted by Gasteiger charge is -2.36. The van der Waals surface area contributed by atoms with Gasteiger partial charge in [-0.25, -0.2) is 4.79 Å². The summed E-state index contributed by atoms with van der Waals surface area (Å²) < 4.78 is 11.9. The monoisotopic (exact) mass is 525 g/mol. The molecule has 3 rings (SSSR count). The van der Waals surface area contributed by atoms with Crippen molar-refractivity contribution in [3.05, 3.63) is 54.1 Å². The van der Waals surface area contributed by atoms with Crippen LogP contribution in [0.5, 0.6) is 5.75 Å². The zero-order valence-electron chi connectivity index (χ0n) is 23.1. The van der Waals surface area contributed by atoms with E-state index in [-0.39, 0.29) is 43.0 Å². The molecule has 0 radical (unpaired) electrons. The molecule has 206 valence electrons. The first kappa shape index (κ1) is 28.9. The van der Waals surface area contributed by atoms with Gasteiger partial charge in [-0.05, 0) is 45.3 Å². The van der Waals surface area contributed by atoms with Crippen LogP contribution in [0.4, 0.5) is 16.2 Å². The molecule has 1 heterocycles. The minimum absolute atomic E-state index is 0.0116. The number of likely N-dealkylation sites (N-methyl/N-ethyl adjacent to an activating group) is 2. The molecule has 1 aliphatic rings. The molecule has 0 unspecified atom stereocenters. The molecule has 1 aliphatic heterocycles. The Balaban J connectivity index is 1.89. The molecule has 0 spiro atoms. The molecule has 2 aromatic carbocycles. The third-order valence-electron chi connectivity index (χ3n) is 6.51. The third kappa shape index (κ3) is 7.69. The Bertz CT molecular complexity index is 1110. The van der Waals surface area contributed by atoms with Crippen molar-refractivity contribution in [1.82, 2.24) is 14.7 Å². The van der Waals surface area contributed by atoms with Crippen LogP contribution in [-0.2, 0) is 9.53 Å². The van der Waals surface area contributed by atoms with E-state index in [1.54, 1.807) is 49.4 Å². The first-order valence-corrected chi connectivity index (χ1v) is 12.7. The van der Waals surface area contributed by atoms with E-state index in [1.165, 1.54) is 0 Å². The number of benzene rings is 2. The van der Waals surface area contributed by atoms with E-state index in [4.69, 9.17) is 9.47 Å². The number of para-hydroxylation sites is 1. The second kappa shape index (κ2) is 13.3. The van der Waals surface area contributed by atoms with Gasteiger partial charge in [-0.15, -0.1) is 0 Å². The number of methoxy groups -OCH3 is 1. The minimum Gasteiger partial charge on any atom is -0.491 e. The second-order valence-corrected chi connectivity index (χ2v) is 10.0. The highest BCUT2D eigenvalue weighted by Gasteiger charge is 2.30. The van der Waals surface area contributed by atoms with Gasteiger partial charge in [0.25, 0.3) is 5.91 Å². The molecule has 0 saturated heterocycles. The summed E-state index contributed by atoms with van der Waals surface area (Å²) >= 11 is 0. The average molecular weight is 526 g/mol. The van der Waals surface area contributed by atoms with Gasteiger partial charge in [-0.1, -0.05) is 25.1 Å². The van der Waals surface area contributed by atoms with Crippen LogP contribution >= 0.6 is 0 Å². The predicted molar refractivity (Wildman–Crippen MR) is 148 cm³/mol. The van der Waals surface area contributed by atoms with Gasteiger partial charge >= 0.3 is 6.03 Å². The Kier molecular flexibility index (Phi) is 10.1. The zero-order chi connectivity index (χ0) is 27.8. The van der Waals surface area contributed by atoms with E-state index < -0.39 is 6.03 Å². The minimum atomic E-state index is -0.418. The van der Waals surface area contributed by atoms with Crippen LogP contribution < -0.4 is 15.4 Å². The van der Waals surface area contributed by atoms with Gasteiger partial charge in [0.1, 0.15) is 12.4 Å². The fourth-order valence-electron chi connectivity index (χ4n) is 4.37. The summed E-state index contributed by atoms with van der Waals surface area (Å²) in [4.78, 5) is 44.3.